The van der Waals surface area contributed by atoms with Crippen molar-refractivity contribution in [1.29, 1.82) is 0 Å². The highest BCUT2D eigenvalue weighted by molar-refractivity contribution is 14.0. The smallest absolute Gasteiger partial charge is 0.191 e. The zero-order valence-corrected chi connectivity index (χ0v) is 20.5. The minimum atomic E-state index is 0. The number of guanidine groups is 1. The third-order valence-corrected chi connectivity index (χ3v) is 5.17. The summed E-state index contributed by atoms with van der Waals surface area (Å²) in [4.78, 5) is 8.96. The largest absolute Gasteiger partial charge is 0.379 e. The Morgan fingerprint density at radius 1 is 1.14 bits per heavy atom. The van der Waals surface area contributed by atoms with Crippen LogP contribution in [0.2, 0.25) is 0 Å². The second-order valence-electron chi connectivity index (χ2n) is 7.93. The Kier molecular flexibility index (Phi) is 11.1. The zero-order valence-electron chi connectivity index (χ0n) is 18.1. The van der Waals surface area contributed by atoms with Gasteiger partial charge >= 0.3 is 0 Å². The van der Waals surface area contributed by atoms with Gasteiger partial charge in [-0.15, -0.1) is 24.0 Å². The molecule has 160 valence electrons. The molecule has 1 aromatic carbocycles. The fourth-order valence-electron chi connectivity index (χ4n) is 3.26. The van der Waals surface area contributed by atoms with Gasteiger partial charge in [-0.3, -0.25) is 9.89 Å². The van der Waals surface area contributed by atoms with Gasteiger partial charge in [0.15, 0.2) is 5.96 Å². The molecule has 0 bridgehead atoms. The Morgan fingerprint density at radius 2 is 1.79 bits per heavy atom. The topological polar surface area (TPSA) is 52.1 Å². The van der Waals surface area contributed by atoms with Crippen molar-refractivity contribution in [2.45, 2.75) is 32.2 Å². The summed E-state index contributed by atoms with van der Waals surface area (Å²) in [5.41, 5.74) is 2.69. The van der Waals surface area contributed by atoms with E-state index >= 15 is 0 Å². The second-order valence-corrected chi connectivity index (χ2v) is 7.93. The van der Waals surface area contributed by atoms with E-state index in [1.54, 1.807) is 0 Å². The first-order valence-corrected chi connectivity index (χ1v) is 9.96. The first-order valence-electron chi connectivity index (χ1n) is 9.96. The van der Waals surface area contributed by atoms with Crippen molar-refractivity contribution in [3.8, 4) is 0 Å². The molecule has 0 aromatic heterocycles. The van der Waals surface area contributed by atoms with Crippen LogP contribution < -0.4 is 15.5 Å². The molecule has 1 saturated heterocycles. The molecule has 0 radical (unpaired) electrons. The maximum Gasteiger partial charge on any atom is 0.191 e. The van der Waals surface area contributed by atoms with Crippen LogP contribution in [-0.2, 0) is 11.2 Å². The Labute approximate surface area is 188 Å². The number of rotatable bonds is 8. The van der Waals surface area contributed by atoms with Crippen LogP contribution in [0.3, 0.4) is 0 Å². The number of benzene rings is 1. The molecule has 0 atom stereocenters. The number of aliphatic imine (C=N–C) groups is 1. The number of anilines is 1. The van der Waals surface area contributed by atoms with Crippen molar-refractivity contribution in [1.82, 2.24) is 15.5 Å². The Balaban J connectivity index is 0.00000392. The summed E-state index contributed by atoms with van der Waals surface area (Å²) in [6, 6.07) is 8.79. The molecule has 2 N–H and O–H groups in total. The van der Waals surface area contributed by atoms with Gasteiger partial charge < -0.3 is 20.3 Å². The standard InChI is InChI=1S/C21H37N5O.HI/c1-21(2,26-13-15-27-16-14-26)17-24-20(22-3)23-12-6-7-18-8-10-19(11-9-18)25(4)5;/h8-11H,6-7,12-17H2,1-5H3,(H2,22,23,24);1H. The number of hydrogen-bond donors (Lipinski definition) is 2. The lowest BCUT2D eigenvalue weighted by Crippen LogP contribution is -2.56. The number of halogens is 1. The molecule has 0 unspecified atom stereocenters. The van der Waals surface area contributed by atoms with Gasteiger partial charge in [-0.1, -0.05) is 12.1 Å². The van der Waals surface area contributed by atoms with E-state index in [4.69, 9.17) is 4.74 Å². The highest BCUT2D eigenvalue weighted by Crippen LogP contribution is 2.15. The Bertz CT molecular complexity index is 583. The monoisotopic (exact) mass is 503 g/mol. The van der Waals surface area contributed by atoms with Gasteiger partial charge in [-0.05, 0) is 44.4 Å². The minimum absolute atomic E-state index is 0. The molecule has 28 heavy (non-hydrogen) atoms. The van der Waals surface area contributed by atoms with Gasteiger partial charge in [0.1, 0.15) is 0 Å². The molecule has 0 saturated carbocycles. The van der Waals surface area contributed by atoms with E-state index in [9.17, 15) is 0 Å². The van der Waals surface area contributed by atoms with Crippen molar-refractivity contribution in [2.24, 2.45) is 4.99 Å². The highest BCUT2D eigenvalue weighted by atomic mass is 127. The fraction of sp³-hybridized carbons (Fsp3) is 0.667. The van der Waals surface area contributed by atoms with Gasteiger partial charge in [-0.25, -0.2) is 0 Å². The van der Waals surface area contributed by atoms with Crippen molar-refractivity contribution < 1.29 is 4.74 Å². The lowest BCUT2D eigenvalue weighted by atomic mass is 10.0. The lowest BCUT2D eigenvalue weighted by Gasteiger charge is -2.41. The average Bonchev–Trinajstić information content (AvgIpc) is 2.68. The van der Waals surface area contributed by atoms with E-state index in [-0.39, 0.29) is 29.5 Å². The molecule has 1 aromatic rings. The molecule has 2 rings (SSSR count). The first kappa shape index (κ1) is 25.0. The maximum absolute atomic E-state index is 5.46. The lowest BCUT2D eigenvalue weighted by molar-refractivity contribution is -0.00833. The summed E-state index contributed by atoms with van der Waals surface area (Å²) in [6.07, 6.45) is 2.14. The summed E-state index contributed by atoms with van der Waals surface area (Å²) in [7, 11) is 5.97. The molecule has 1 aliphatic heterocycles. The summed E-state index contributed by atoms with van der Waals surface area (Å²) in [6.45, 7) is 9.95. The van der Waals surface area contributed by atoms with Crippen LogP contribution in [0, 0.1) is 0 Å². The van der Waals surface area contributed by atoms with Gasteiger partial charge in [-0.2, -0.15) is 0 Å². The van der Waals surface area contributed by atoms with E-state index in [0.717, 1.165) is 58.2 Å². The van der Waals surface area contributed by atoms with Gasteiger partial charge in [0.05, 0.1) is 13.2 Å². The van der Waals surface area contributed by atoms with Crippen LogP contribution in [0.4, 0.5) is 5.69 Å². The van der Waals surface area contributed by atoms with Crippen molar-refractivity contribution in [3.05, 3.63) is 29.8 Å². The number of nitrogens with one attached hydrogen (secondary N) is 2. The quantitative estimate of drug-likeness (QED) is 0.247. The predicted molar refractivity (Wildman–Crippen MR) is 130 cm³/mol. The molecule has 6 nitrogen and oxygen atoms in total. The zero-order chi connectivity index (χ0) is 19.7. The highest BCUT2D eigenvalue weighted by Gasteiger charge is 2.28. The van der Waals surface area contributed by atoms with Crippen LogP contribution in [0.5, 0.6) is 0 Å². The normalized spacial score (nSPS) is 15.7. The van der Waals surface area contributed by atoms with E-state index in [1.165, 1.54) is 11.3 Å². The Morgan fingerprint density at radius 3 is 2.36 bits per heavy atom. The second kappa shape index (κ2) is 12.5. The van der Waals surface area contributed by atoms with Crippen LogP contribution in [0.25, 0.3) is 0 Å². The maximum atomic E-state index is 5.46. The number of nitrogens with zero attached hydrogens (tertiary/aromatic N) is 3. The summed E-state index contributed by atoms with van der Waals surface area (Å²) in [5.74, 6) is 0.874. The molecule has 0 aliphatic carbocycles. The minimum Gasteiger partial charge on any atom is -0.379 e. The van der Waals surface area contributed by atoms with Gasteiger partial charge in [0.25, 0.3) is 0 Å². The van der Waals surface area contributed by atoms with E-state index in [0.29, 0.717) is 0 Å². The fourth-order valence-corrected chi connectivity index (χ4v) is 3.26. The van der Waals surface area contributed by atoms with E-state index < -0.39 is 0 Å². The molecule has 0 spiro atoms. The number of hydrogen-bond acceptors (Lipinski definition) is 4. The molecule has 7 heteroatoms. The summed E-state index contributed by atoms with van der Waals surface area (Å²) < 4.78 is 5.46. The van der Waals surface area contributed by atoms with Crippen LogP contribution in [0.1, 0.15) is 25.8 Å². The van der Waals surface area contributed by atoms with E-state index in [1.807, 2.05) is 7.05 Å². The molecule has 1 heterocycles. The SMILES string of the molecule is CN=C(NCCCc1ccc(N(C)C)cc1)NCC(C)(C)N1CCOCC1.I. The number of morpholine rings is 1. The number of aryl methyl sites for hydroxylation is 1. The molecule has 1 aliphatic rings. The molecular weight excluding hydrogens is 465 g/mol. The number of ether oxygens (including phenoxy) is 1. The van der Waals surface area contributed by atoms with Crippen LogP contribution in [0.15, 0.2) is 29.3 Å². The van der Waals surface area contributed by atoms with E-state index in [2.05, 4.69) is 77.6 Å². The van der Waals surface area contributed by atoms with Gasteiger partial charge in [0, 0.05) is 58.5 Å². The molecular formula is C21H38IN5O. The third-order valence-electron chi connectivity index (χ3n) is 5.17. The van der Waals surface area contributed by atoms with Crippen molar-refractivity contribution in [3.63, 3.8) is 0 Å². The Hall–Kier alpha value is -1.06. The third kappa shape index (κ3) is 8.13. The van der Waals surface area contributed by atoms with Crippen LogP contribution >= 0.6 is 24.0 Å². The summed E-state index contributed by atoms with van der Waals surface area (Å²) in [5, 5.41) is 6.91. The van der Waals surface area contributed by atoms with Crippen LogP contribution in [-0.4, -0.2) is 76.9 Å². The first-order chi connectivity index (χ1) is 12.9. The molecule has 1 fully saturated rings. The summed E-state index contributed by atoms with van der Waals surface area (Å²) >= 11 is 0. The van der Waals surface area contributed by atoms with Crippen molar-refractivity contribution in [2.75, 3.05) is 65.4 Å². The van der Waals surface area contributed by atoms with Crippen molar-refractivity contribution >= 4 is 35.6 Å². The average molecular weight is 503 g/mol. The van der Waals surface area contributed by atoms with Gasteiger partial charge in [0.2, 0.25) is 0 Å². The molecule has 0 amide bonds. The predicted octanol–water partition coefficient (Wildman–Crippen LogP) is 2.58.